The summed E-state index contributed by atoms with van der Waals surface area (Å²) < 4.78 is 39.5. The highest BCUT2D eigenvalue weighted by Crippen LogP contribution is 2.66. The van der Waals surface area contributed by atoms with Gasteiger partial charge in [-0.2, -0.15) is 4.31 Å². The van der Waals surface area contributed by atoms with Gasteiger partial charge in [0.05, 0.1) is 34.3 Å². The zero-order valence-electron chi connectivity index (χ0n) is 25.2. The lowest BCUT2D eigenvalue weighted by Crippen LogP contribution is -2.75. The molecule has 0 unspecified atom stereocenters. The lowest BCUT2D eigenvalue weighted by atomic mass is 9.49. The molecule has 4 atom stereocenters. The number of benzene rings is 2. The first-order valence-corrected chi connectivity index (χ1v) is 16.8. The van der Waals surface area contributed by atoms with Crippen LogP contribution < -0.4 is 14.8 Å². The number of sulfonamides is 1. The Balaban J connectivity index is 1.29. The van der Waals surface area contributed by atoms with Crippen molar-refractivity contribution in [1.29, 1.82) is 0 Å². The molecule has 1 amide bonds. The molecule has 12 heteroatoms. The SMILES string of the molecule is CCN(CC)S(=O)(=O)c1ccc(OC)c(NC(=O)C2=C(O)[C@@H]3Oc4c(O)ccc5c4[C@@]34CCN(CC3CC3)[C@H](C5)[C@]4(O)C2)c1. The number of hydrogen-bond acceptors (Lipinski definition) is 9. The van der Waals surface area contributed by atoms with Crippen molar-refractivity contribution in [3.05, 3.63) is 52.8 Å². The fourth-order valence-corrected chi connectivity index (χ4v) is 9.71. The van der Waals surface area contributed by atoms with Gasteiger partial charge in [-0.3, -0.25) is 9.69 Å². The Bertz CT molecular complexity index is 1680. The molecular formula is C32H39N3O8S. The number of carbonyl (C=O) groups is 1. The largest absolute Gasteiger partial charge is 0.508 e. The van der Waals surface area contributed by atoms with Crippen LogP contribution in [0.5, 0.6) is 17.2 Å². The minimum atomic E-state index is -3.83. The Kier molecular flexibility index (Phi) is 6.75. The first kappa shape index (κ1) is 29.4. The predicted octanol–water partition coefficient (Wildman–Crippen LogP) is 3.06. The summed E-state index contributed by atoms with van der Waals surface area (Å²) in [5.74, 6) is 0.0290. The molecule has 1 spiro atoms. The van der Waals surface area contributed by atoms with E-state index in [2.05, 4.69) is 10.2 Å². The third-order valence-electron chi connectivity index (χ3n) is 10.6. The number of aromatic hydroxyl groups is 1. The zero-order chi connectivity index (χ0) is 31.2. The molecule has 0 aromatic heterocycles. The van der Waals surface area contributed by atoms with Crippen LogP contribution in [0.4, 0.5) is 5.69 Å². The van der Waals surface area contributed by atoms with Crippen molar-refractivity contribution in [2.75, 3.05) is 38.6 Å². The number of phenolic OH excluding ortho intramolecular Hbond substituents is 1. The molecule has 7 rings (SSSR count). The minimum Gasteiger partial charge on any atom is -0.508 e. The van der Waals surface area contributed by atoms with Gasteiger partial charge in [0.1, 0.15) is 11.5 Å². The van der Waals surface area contributed by atoms with Gasteiger partial charge >= 0.3 is 0 Å². The number of aliphatic hydroxyl groups excluding tert-OH is 1. The summed E-state index contributed by atoms with van der Waals surface area (Å²) in [6.07, 6.45) is 2.15. The van der Waals surface area contributed by atoms with Gasteiger partial charge in [0.25, 0.3) is 5.91 Å². The highest BCUT2D eigenvalue weighted by atomic mass is 32.2. The fraction of sp³-hybridized carbons (Fsp3) is 0.531. The number of likely N-dealkylation sites (tertiary alicyclic amines) is 1. The molecule has 5 aliphatic rings. The minimum absolute atomic E-state index is 0.00756. The van der Waals surface area contributed by atoms with Crippen LogP contribution in [0.3, 0.4) is 0 Å². The molecule has 2 aromatic carbocycles. The number of carbonyl (C=O) groups excluding carboxylic acids is 1. The van der Waals surface area contributed by atoms with Gasteiger partial charge in [-0.1, -0.05) is 19.9 Å². The summed E-state index contributed by atoms with van der Waals surface area (Å²) in [6, 6.07) is 7.40. The van der Waals surface area contributed by atoms with E-state index in [1.165, 1.54) is 29.6 Å². The number of hydrogen-bond donors (Lipinski definition) is 4. The Hall–Kier alpha value is -3.32. The molecule has 44 heavy (non-hydrogen) atoms. The Labute approximate surface area is 257 Å². The third-order valence-corrected chi connectivity index (χ3v) is 12.6. The molecule has 2 aliphatic heterocycles. The number of ether oxygens (including phenoxy) is 2. The van der Waals surface area contributed by atoms with Crippen molar-refractivity contribution < 1.29 is 38.0 Å². The summed E-state index contributed by atoms with van der Waals surface area (Å²) in [6.45, 7) is 5.64. The molecular weight excluding hydrogens is 586 g/mol. The van der Waals surface area contributed by atoms with Gasteiger partial charge in [-0.05, 0) is 68.0 Å². The number of amides is 1. The molecule has 1 saturated heterocycles. The number of rotatable bonds is 9. The maximum absolute atomic E-state index is 14.0. The Morgan fingerprint density at radius 3 is 2.61 bits per heavy atom. The lowest BCUT2D eigenvalue weighted by molar-refractivity contribution is -0.172. The van der Waals surface area contributed by atoms with Crippen molar-refractivity contribution >= 4 is 21.6 Å². The molecule has 3 aliphatic carbocycles. The van der Waals surface area contributed by atoms with Crippen LogP contribution in [0, 0.1) is 5.92 Å². The van der Waals surface area contributed by atoms with E-state index in [4.69, 9.17) is 9.47 Å². The van der Waals surface area contributed by atoms with E-state index in [0.29, 0.717) is 25.3 Å². The van der Waals surface area contributed by atoms with E-state index in [1.54, 1.807) is 19.9 Å². The standard InChI is InChI=1S/C32H39N3O8S/c1-4-35(5-2)44(40,41)20-9-11-24(42-3)22(15-20)33-30(38)21-16-32(39)25-14-19-8-10-23(36)28-26(19)31(32,29(43-28)27(21)37)12-13-34(25)17-18-6-7-18/h8-11,15,18,25,29,36-37,39H,4-7,12-14,16-17H2,1-3H3,(H,33,38)/t25-,29+,31+,32-/m1/s1. The molecule has 11 nitrogen and oxygen atoms in total. The van der Waals surface area contributed by atoms with E-state index < -0.39 is 33.1 Å². The fourth-order valence-electron chi connectivity index (χ4n) is 8.22. The maximum atomic E-state index is 14.0. The maximum Gasteiger partial charge on any atom is 0.255 e. The van der Waals surface area contributed by atoms with Crippen LogP contribution in [-0.4, -0.2) is 89.9 Å². The normalized spacial score (nSPS) is 28.9. The predicted molar refractivity (Wildman–Crippen MR) is 162 cm³/mol. The van der Waals surface area contributed by atoms with Crippen LogP contribution in [0.25, 0.3) is 0 Å². The topological polar surface area (TPSA) is 149 Å². The lowest BCUT2D eigenvalue weighted by Gasteiger charge is -2.62. The number of aliphatic hydroxyl groups is 2. The summed E-state index contributed by atoms with van der Waals surface area (Å²) in [4.78, 5) is 16.3. The number of nitrogens with zero attached hydrogens (tertiary/aromatic N) is 2. The van der Waals surface area contributed by atoms with Crippen LogP contribution in [0.1, 0.15) is 50.7 Å². The van der Waals surface area contributed by atoms with Crippen LogP contribution in [0.15, 0.2) is 46.6 Å². The van der Waals surface area contributed by atoms with Crippen LogP contribution in [-0.2, 0) is 26.7 Å². The highest BCUT2D eigenvalue weighted by molar-refractivity contribution is 7.89. The average molecular weight is 626 g/mol. The monoisotopic (exact) mass is 625 g/mol. The number of anilines is 1. The second-order valence-electron chi connectivity index (χ2n) is 12.7. The van der Waals surface area contributed by atoms with Crippen molar-refractivity contribution in [2.24, 2.45) is 5.92 Å². The van der Waals surface area contributed by atoms with E-state index >= 15 is 0 Å². The van der Waals surface area contributed by atoms with Crippen LogP contribution in [0.2, 0.25) is 0 Å². The van der Waals surface area contributed by atoms with Gasteiger partial charge in [0.15, 0.2) is 17.6 Å². The second kappa shape index (κ2) is 10.1. The zero-order valence-corrected chi connectivity index (χ0v) is 26.0. The van der Waals surface area contributed by atoms with Crippen molar-refractivity contribution in [3.8, 4) is 17.2 Å². The van der Waals surface area contributed by atoms with Gasteiger partial charge in [-0.25, -0.2) is 8.42 Å². The Morgan fingerprint density at radius 1 is 1.18 bits per heavy atom. The van der Waals surface area contributed by atoms with E-state index in [9.17, 15) is 28.5 Å². The number of methoxy groups -OCH3 is 1. The molecule has 2 fully saturated rings. The van der Waals surface area contributed by atoms with Crippen molar-refractivity contribution in [3.63, 3.8) is 0 Å². The summed E-state index contributed by atoms with van der Waals surface area (Å²) in [7, 11) is -2.41. The number of nitrogens with one attached hydrogen (secondary N) is 1. The Morgan fingerprint density at radius 2 is 1.93 bits per heavy atom. The molecule has 2 aromatic rings. The molecule has 236 valence electrons. The van der Waals surface area contributed by atoms with E-state index in [1.807, 2.05) is 6.07 Å². The first-order chi connectivity index (χ1) is 21.0. The van der Waals surface area contributed by atoms with E-state index in [-0.39, 0.29) is 64.7 Å². The summed E-state index contributed by atoms with van der Waals surface area (Å²) >= 11 is 0. The summed E-state index contributed by atoms with van der Waals surface area (Å²) in [5, 5.41) is 38.1. The van der Waals surface area contributed by atoms with Gasteiger partial charge in [0, 0.05) is 37.7 Å². The first-order valence-electron chi connectivity index (χ1n) is 15.4. The quantitative estimate of drug-likeness (QED) is 0.330. The third kappa shape index (κ3) is 3.97. The van der Waals surface area contributed by atoms with Gasteiger partial charge < -0.3 is 30.1 Å². The molecule has 4 N–H and O–H groups in total. The summed E-state index contributed by atoms with van der Waals surface area (Å²) in [5.41, 5.74) is -0.702. The second-order valence-corrected chi connectivity index (χ2v) is 14.6. The van der Waals surface area contributed by atoms with Gasteiger partial charge in [0.2, 0.25) is 10.0 Å². The van der Waals surface area contributed by atoms with Crippen LogP contribution >= 0.6 is 0 Å². The van der Waals surface area contributed by atoms with Gasteiger partial charge in [-0.15, -0.1) is 0 Å². The molecule has 1 saturated carbocycles. The van der Waals surface area contributed by atoms with Crippen molar-refractivity contribution in [2.45, 2.75) is 74.0 Å². The number of piperidine rings is 1. The average Bonchev–Trinajstić information content (AvgIpc) is 3.74. The smallest absolute Gasteiger partial charge is 0.255 e. The van der Waals surface area contributed by atoms with Crippen molar-refractivity contribution in [1.82, 2.24) is 9.21 Å². The molecule has 2 bridgehead atoms. The van der Waals surface area contributed by atoms with E-state index in [0.717, 1.165) is 30.5 Å². The molecule has 2 heterocycles. The molecule has 0 radical (unpaired) electrons. The highest BCUT2D eigenvalue weighted by Gasteiger charge is 2.73. The number of phenols is 1.